The SMILES string of the molecule is CCc1cn2nc(N3CCC[C@@H](NC(=O)O)C3)c(Cc3ccccc3Cl)c2c(=O)n1CC(=O)c1ccccc1. The average molecular weight is 548 g/mol. The van der Waals surface area contributed by atoms with Gasteiger partial charge in [-0.15, -0.1) is 5.10 Å². The predicted octanol–water partition coefficient (Wildman–Crippen LogP) is 4.42. The van der Waals surface area contributed by atoms with Crippen LogP contribution in [0.3, 0.4) is 0 Å². The van der Waals surface area contributed by atoms with Gasteiger partial charge in [0.05, 0.1) is 6.54 Å². The zero-order chi connectivity index (χ0) is 27.5. The molecule has 5 rings (SSSR count). The molecule has 0 radical (unpaired) electrons. The van der Waals surface area contributed by atoms with Crippen LogP contribution in [0.1, 0.15) is 46.9 Å². The van der Waals surface area contributed by atoms with Crippen molar-refractivity contribution in [2.75, 3.05) is 18.0 Å². The number of aromatic nitrogens is 3. The summed E-state index contributed by atoms with van der Waals surface area (Å²) in [5.41, 5.74) is 2.88. The van der Waals surface area contributed by atoms with Crippen LogP contribution in [0.4, 0.5) is 10.6 Å². The second kappa shape index (κ2) is 11.3. The van der Waals surface area contributed by atoms with Gasteiger partial charge >= 0.3 is 6.09 Å². The minimum atomic E-state index is -1.06. The third kappa shape index (κ3) is 5.54. The first kappa shape index (κ1) is 26.5. The van der Waals surface area contributed by atoms with Crippen molar-refractivity contribution in [3.05, 3.63) is 98.6 Å². The van der Waals surface area contributed by atoms with Crippen LogP contribution < -0.4 is 15.8 Å². The van der Waals surface area contributed by atoms with Crippen LogP contribution in [-0.2, 0) is 19.4 Å². The van der Waals surface area contributed by atoms with E-state index in [4.69, 9.17) is 16.7 Å². The number of ketones is 1. The van der Waals surface area contributed by atoms with Crippen LogP contribution >= 0.6 is 11.6 Å². The summed E-state index contributed by atoms with van der Waals surface area (Å²) >= 11 is 6.52. The fraction of sp³-hybridized carbons (Fsp3) is 0.310. The standard InChI is InChI=1S/C29H30ClN5O4/c1-2-22-17-35-26(28(37)34(22)18-25(36)19-9-4-3-5-10-19)23(15-20-11-6-7-13-24(20)30)27(32-35)33-14-8-12-21(16-33)31-29(38)39/h3-7,9-11,13,17,21,31H,2,8,12,14-16,18H2,1H3,(H,38,39)/t21-/m1/s1. The highest BCUT2D eigenvalue weighted by Crippen LogP contribution is 2.30. The van der Waals surface area contributed by atoms with E-state index >= 15 is 0 Å². The van der Waals surface area contributed by atoms with Crippen molar-refractivity contribution in [1.29, 1.82) is 0 Å². The van der Waals surface area contributed by atoms with Gasteiger partial charge in [-0.25, -0.2) is 9.31 Å². The largest absolute Gasteiger partial charge is 0.465 e. The molecule has 0 saturated carbocycles. The summed E-state index contributed by atoms with van der Waals surface area (Å²) in [5, 5.41) is 17.3. The molecule has 1 atom stereocenters. The first-order valence-electron chi connectivity index (χ1n) is 13.1. The maximum Gasteiger partial charge on any atom is 0.404 e. The third-order valence-electron chi connectivity index (χ3n) is 7.19. The quantitative estimate of drug-likeness (QED) is 0.316. The molecule has 2 aromatic heterocycles. The van der Waals surface area contributed by atoms with E-state index in [1.54, 1.807) is 28.8 Å². The number of amides is 1. The van der Waals surface area contributed by atoms with Crippen molar-refractivity contribution in [3.63, 3.8) is 0 Å². The van der Waals surface area contributed by atoms with Crippen molar-refractivity contribution in [1.82, 2.24) is 19.5 Å². The number of nitrogens with one attached hydrogen (secondary N) is 1. The number of rotatable bonds is 8. The minimum absolute atomic E-state index is 0.0805. The Bertz CT molecular complexity index is 1580. The number of nitrogens with zero attached hydrogens (tertiary/aromatic N) is 4. The summed E-state index contributed by atoms with van der Waals surface area (Å²) in [6.45, 7) is 2.97. The van der Waals surface area contributed by atoms with Gasteiger partial charge in [0, 0.05) is 53.6 Å². The Morgan fingerprint density at radius 2 is 1.87 bits per heavy atom. The molecule has 4 aromatic rings. The number of halogens is 1. The maximum absolute atomic E-state index is 14.1. The highest BCUT2D eigenvalue weighted by Gasteiger charge is 2.28. The Labute approximate surface area is 230 Å². The smallest absolute Gasteiger partial charge is 0.404 e. The topological polar surface area (TPSA) is 109 Å². The van der Waals surface area contributed by atoms with E-state index in [0.29, 0.717) is 59.1 Å². The number of carbonyl (C=O) groups excluding carboxylic acids is 1. The van der Waals surface area contributed by atoms with Gasteiger partial charge in [-0.1, -0.05) is 67.1 Å². The minimum Gasteiger partial charge on any atom is -0.465 e. The molecule has 9 nitrogen and oxygen atoms in total. The molecule has 39 heavy (non-hydrogen) atoms. The first-order chi connectivity index (χ1) is 18.9. The fourth-order valence-corrected chi connectivity index (χ4v) is 5.47. The first-order valence-corrected chi connectivity index (χ1v) is 13.4. The average Bonchev–Trinajstić information content (AvgIpc) is 3.30. The number of hydrogen-bond acceptors (Lipinski definition) is 5. The van der Waals surface area contributed by atoms with Crippen LogP contribution in [0.15, 0.2) is 65.6 Å². The maximum atomic E-state index is 14.1. The number of piperidine rings is 1. The number of aryl methyl sites for hydroxylation is 1. The van der Waals surface area contributed by atoms with E-state index in [9.17, 15) is 19.5 Å². The molecular weight excluding hydrogens is 518 g/mol. The summed E-state index contributed by atoms with van der Waals surface area (Å²) in [5.74, 6) is 0.473. The lowest BCUT2D eigenvalue weighted by atomic mass is 10.0. The van der Waals surface area contributed by atoms with Crippen LogP contribution in [0.2, 0.25) is 5.02 Å². The van der Waals surface area contributed by atoms with Gasteiger partial charge in [0.25, 0.3) is 5.56 Å². The molecule has 0 bridgehead atoms. The highest BCUT2D eigenvalue weighted by molar-refractivity contribution is 6.31. The van der Waals surface area contributed by atoms with Crippen molar-refractivity contribution in [2.45, 2.75) is 45.2 Å². The molecule has 2 aromatic carbocycles. The summed E-state index contributed by atoms with van der Waals surface area (Å²) in [4.78, 5) is 40.5. The van der Waals surface area contributed by atoms with Crippen molar-refractivity contribution >= 4 is 34.8 Å². The summed E-state index contributed by atoms with van der Waals surface area (Å²) in [6, 6.07) is 16.2. The number of benzene rings is 2. The second-order valence-electron chi connectivity index (χ2n) is 9.75. The zero-order valence-electron chi connectivity index (χ0n) is 21.6. The van der Waals surface area contributed by atoms with Gasteiger partial charge in [0.2, 0.25) is 0 Å². The predicted molar refractivity (Wildman–Crippen MR) is 150 cm³/mol. The van der Waals surface area contributed by atoms with E-state index in [1.165, 1.54) is 4.57 Å². The molecular formula is C29H30ClN5O4. The number of Topliss-reactive ketones (excluding diaryl/α,β-unsaturated/α-hetero) is 1. The molecule has 0 unspecified atom stereocenters. The van der Waals surface area contributed by atoms with Crippen LogP contribution in [0, 0.1) is 0 Å². The lowest BCUT2D eigenvalue weighted by Gasteiger charge is -2.33. The molecule has 0 spiro atoms. The number of hydrogen-bond donors (Lipinski definition) is 2. The lowest BCUT2D eigenvalue weighted by Crippen LogP contribution is -2.47. The summed E-state index contributed by atoms with van der Waals surface area (Å²) < 4.78 is 3.15. The van der Waals surface area contributed by atoms with Gasteiger partial charge in [-0.3, -0.25) is 9.59 Å². The van der Waals surface area contributed by atoms with E-state index < -0.39 is 6.09 Å². The molecule has 1 saturated heterocycles. The van der Waals surface area contributed by atoms with Crippen LogP contribution in [0.5, 0.6) is 0 Å². The summed E-state index contributed by atoms with van der Waals surface area (Å²) in [6.07, 6.45) is 3.15. The van der Waals surface area contributed by atoms with Crippen molar-refractivity contribution < 1.29 is 14.7 Å². The molecule has 1 fully saturated rings. The van der Waals surface area contributed by atoms with Crippen molar-refractivity contribution in [3.8, 4) is 0 Å². The third-order valence-corrected chi connectivity index (χ3v) is 7.56. The molecule has 3 heterocycles. The highest BCUT2D eigenvalue weighted by atomic mass is 35.5. The second-order valence-corrected chi connectivity index (χ2v) is 10.2. The monoisotopic (exact) mass is 547 g/mol. The Hall–Kier alpha value is -4.11. The Morgan fingerprint density at radius 3 is 2.59 bits per heavy atom. The van der Waals surface area contributed by atoms with Crippen molar-refractivity contribution in [2.24, 2.45) is 0 Å². The molecule has 1 amide bonds. The number of fused-ring (bicyclic) bond motifs is 1. The molecule has 10 heteroatoms. The Balaban J connectivity index is 1.64. The molecule has 0 aliphatic carbocycles. The van der Waals surface area contributed by atoms with E-state index in [0.717, 1.165) is 18.4 Å². The Morgan fingerprint density at radius 1 is 1.13 bits per heavy atom. The Kier molecular flexibility index (Phi) is 7.70. The van der Waals surface area contributed by atoms with E-state index in [1.807, 2.05) is 48.4 Å². The normalized spacial score (nSPS) is 15.4. The lowest BCUT2D eigenvalue weighted by molar-refractivity contribution is 0.0969. The molecule has 1 aliphatic heterocycles. The molecule has 202 valence electrons. The van der Waals surface area contributed by atoms with Crippen LogP contribution in [-0.4, -0.2) is 50.3 Å². The van der Waals surface area contributed by atoms with Gasteiger partial charge in [-0.05, 0) is 30.9 Å². The van der Waals surface area contributed by atoms with E-state index in [2.05, 4.69) is 5.32 Å². The van der Waals surface area contributed by atoms with Gasteiger partial charge in [-0.2, -0.15) is 0 Å². The van der Waals surface area contributed by atoms with E-state index in [-0.39, 0.29) is 23.9 Å². The summed E-state index contributed by atoms with van der Waals surface area (Å²) in [7, 11) is 0. The fourth-order valence-electron chi connectivity index (χ4n) is 5.27. The zero-order valence-corrected chi connectivity index (χ0v) is 22.4. The van der Waals surface area contributed by atoms with Gasteiger partial charge < -0.3 is 19.9 Å². The van der Waals surface area contributed by atoms with Gasteiger partial charge in [0.15, 0.2) is 11.6 Å². The molecule has 2 N–H and O–H groups in total. The number of carboxylic acid groups (broad SMARTS) is 1. The van der Waals surface area contributed by atoms with Crippen LogP contribution in [0.25, 0.3) is 5.52 Å². The van der Waals surface area contributed by atoms with Gasteiger partial charge in [0.1, 0.15) is 5.52 Å². The molecule has 1 aliphatic rings. The number of anilines is 1. The number of carbonyl (C=O) groups is 2.